The van der Waals surface area contributed by atoms with E-state index in [1.807, 2.05) is 0 Å². The van der Waals surface area contributed by atoms with Crippen molar-refractivity contribution in [2.45, 2.75) is 12.5 Å². The van der Waals surface area contributed by atoms with Crippen LogP contribution in [0.2, 0.25) is 5.02 Å². The summed E-state index contributed by atoms with van der Waals surface area (Å²) in [6, 6.07) is 4.86. The van der Waals surface area contributed by atoms with Gasteiger partial charge in [0.15, 0.2) is 0 Å². The van der Waals surface area contributed by atoms with Gasteiger partial charge in [0.1, 0.15) is 5.82 Å². The first-order valence-corrected chi connectivity index (χ1v) is 5.43. The number of halogens is 2. The van der Waals surface area contributed by atoms with E-state index in [1.165, 1.54) is 12.1 Å². The molecule has 1 unspecified atom stereocenters. The molecule has 0 bridgehead atoms. The molecule has 0 aromatic heterocycles. The van der Waals surface area contributed by atoms with Gasteiger partial charge in [-0.15, -0.1) is 0 Å². The Balaban J connectivity index is 2.04. The van der Waals surface area contributed by atoms with E-state index in [4.69, 9.17) is 11.6 Å². The Labute approximate surface area is 94.0 Å². The molecule has 0 radical (unpaired) electrons. The third-order valence-electron chi connectivity index (χ3n) is 2.68. The summed E-state index contributed by atoms with van der Waals surface area (Å²) in [5.41, 5.74) is 0.818. The van der Waals surface area contributed by atoms with Gasteiger partial charge in [0.25, 0.3) is 0 Å². The van der Waals surface area contributed by atoms with Crippen LogP contribution in [0.1, 0.15) is 6.42 Å². The van der Waals surface area contributed by atoms with Crippen LogP contribution in [-0.2, 0) is 0 Å². The fourth-order valence-electron chi connectivity index (χ4n) is 1.88. The molecule has 1 heterocycles. The maximum absolute atomic E-state index is 12.8. The molecule has 0 amide bonds. The second kappa shape index (κ2) is 4.37. The zero-order valence-corrected chi connectivity index (χ0v) is 9.39. The third kappa shape index (κ3) is 2.61. The van der Waals surface area contributed by atoms with Crippen LogP contribution >= 0.6 is 11.6 Å². The molecule has 0 saturated carbocycles. The van der Waals surface area contributed by atoms with Crippen molar-refractivity contribution in [3.63, 3.8) is 0 Å². The number of nitrogens with one attached hydrogen (secondary N) is 1. The largest absolute Gasteiger partial charge is 0.380 e. The van der Waals surface area contributed by atoms with Crippen LogP contribution in [0.3, 0.4) is 0 Å². The number of nitrogens with zero attached hydrogens (tertiary/aromatic N) is 1. The van der Waals surface area contributed by atoms with Gasteiger partial charge in [-0.3, -0.25) is 0 Å². The standard InChI is InChI=1S/C11H14ClFN2/c1-15-5-4-9(7-15)14-11-3-2-8(13)6-10(11)12/h2-3,6,9,14H,4-5,7H2,1H3. The number of likely N-dealkylation sites (tertiary alicyclic amines) is 1. The number of benzene rings is 1. The minimum atomic E-state index is -0.297. The van der Waals surface area contributed by atoms with Gasteiger partial charge < -0.3 is 10.2 Å². The van der Waals surface area contributed by atoms with Gasteiger partial charge in [0.05, 0.1) is 10.7 Å². The van der Waals surface area contributed by atoms with Crippen molar-refractivity contribution < 1.29 is 4.39 Å². The van der Waals surface area contributed by atoms with Gasteiger partial charge in [-0.2, -0.15) is 0 Å². The van der Waals surface area contributed by atoms with Crippen molar-refractivity contribution in [2.24, 2.45) is 0 Å². The van der Waals surface area contributed by atoms with Crippen LogP contribution in [-0.4, -0.2) is 31.1 Å². The highest BCUT2D eigenvalue weighted by Gasteiger charge is 2.19. The smallest absolute Gasteiger partial charge is 0.124 e. The van der Waals surface area contributed by atoms with Crippen LogP contribution < -0.4 is 5.32 Å². The Morgan fingerprint density at radius 3 is 2.93 bits per heavy atom. The molecule has 1 N–H and O–H groups in total. The number of hydrogen-bond donors (Lipinski definition) is 1. The molecule has 0 spiro atoms. The average molecular weight is 229 g/mol. The molecule has 1 fully saturated rings. The Morgan fingerprint density at radius 1 is 1.53 bits per heavy atom. The predicted octanol–water partition coefficient (Wildman–Crippen LogP) is 2.60. The molecule has 1 aromatic carbocycles. The van der Waals surface area contributed by atoms with E-state index in [0.29, 0.717) is 11.1 Å². The van der Waals surface area contributed by atoms with Crippen molar-refractivity contribution >= 4 is 17.3 Å². The van der Waals surface area contributed by atoms with Gasteiger partial charge in [-0.05, 0) is 38.2 Å². The number of anilines is 1. The lowest BCUT2D eigenvalue weighted by Gasteiger charge is -2.15. The van der Waals surface area contributed by atoms with Crippen LogP contribution in [0.4, 0.5) is 10.1 Å². The Kier molecular flexibility index (Phi) is 3.12. The summed E-state index contributed by atoms with van der Waals surface area (Å²) in [6.45, 7) is 2.10. The van der Waals surface area contributed by atoms with Crippen molar-refractivity contribution in [3.05, 3.63) is 29.0 Å². The van der Waals surface area contributed by atoms with E-state index in [1.54, 1.807) is 6.07 Å². The Morgan fingerprint density at radius 2 is 2.33 bits per heavy atom. The zero-order chi connectivity index (χ0) is 10.8. The van der Waals surface area contributed by atoms with E-state index >= 15 is 0 Å². The maximum Gasteiger partial charge on any atom is 0.124 e. The van der Waals surface area contributed by atoms with E-state index in [0.717, 1.165) is 25.2 Å². The molecule has 82 valence electrons. The predicted molar refractivity (Wildman–Crippen MR) is 60.9 cm³/mol. The molecule has 0 aliphatic carbocycles. The molecular weight excluding hydrogens is 215 g/mol. The highest BCUT2D eigenvalue weighted by atomic mass is 35.5. The summed E-state index contributed by atoms with van der Waals surface area (Å²) in [6.07, 6.45) is 1.10. The maximum atomic E-state index is 12.8. The first kappa shape index (κ1) is 10.7. The van der Waals surface area contributed by atoms with E-state index in [-0.39, 0.29) is 5.82 Å². The molecule has 1 aromatic rings. The second-order valence-electron chi connectivity index (χ2n) is 4.02. The molecule has 4 heteroatoms. The lowest BCUT2D eigenvalue weighted by molar-refractivity contribution is 0.414. The molecule has 15 heavy (non-hydrogen) atoms. The number of likely N-dealkylation sites (N-methyl/N-ethyl adjacent to an activating group) is 1. The van der Waals surface area contributed by atoms with Crippen LogP contribution in [0, 0.1) is 5.82 Å². The van der Waals surface area contributed by atoms with Gasteiger partial charge in [0, 0.05) is 12.6 Å². The summed E-state index contributed by atoms with van der Waals surface area (Å²) in [5.74, 6) is -0.297. The fraction of sp³-hybridized carbons (Fsp3) is 0.455. The second-order valence-corrected chi connectivity index (χ2v) is 4.42. The first-order chi connectivity index (χ1) is 7.15. The fourth-order valence-corrected chi connectivity index (χ4v) is 2.10. The molecule has 1 atom stereocenters. The van der Waals surface area contributed by atoms with Gasteiger partial charge >= 0.3 is 0 Å². The lowest BCUT2D eigenvalue weighted by atomic mass is 10.2. The summed E-state index contributed by atoms with van der Waals surface area (Å²) >= 11 is 5.93. The van der Waals surface area contributed by atoms with E-state index < -0.39 is 0 Å². The zero-order valence-electron chi connectivity index (χ0n) is 8.63. The van der Waals surface area contributed by atoms with Crippen molar-refractivity contribution in [2.75, 3.05) is 25.5 Å². The highest BCUT2D eigenvalue weighted by Crippen LogP contribution is 2.24. The molecule has 2 nitrogen and oxygen atoms in total. The van der Waals surface area contributed by atoms with Crippen LogP contribution in [0.5, 0.6) is 0 Å². The van der Waals surface area contributed by atoms with Crippen molar-refractivity contribution in [1.82, 2.24) is 4.90 Å². The van der Waals surface area contributed by atoms with E-state index in [9.17, 15) is 4.39 Å². The highest BCUT2D eigenvalue weighted by molar-refractivity contribution is 6.33. The van der Waals surface area contributed by atoms with Gasteiger partial charge in [-0.1, -0.05) is 11.6 Å². The quantitative estimate of drug-likeness (QED) is 0.837. The summed E-state index contributed by atoms with van der Waals surface area (Å²) in [4.78, 5) is 2.26. The number of hydrogen-bond acceptors (Lipinski definition) is 2. The Hall–Kier alpha value is -0.800. The molecule has 1 aliphatic heterocycles. The van der Waals surface area contributed by atoms with E-state index in [2.05, 4.69) is 17.3 Å². The van der Waals surface area contributed by atoms with Crippen molar-refractivity contribution in [3.8, 4) is 0 Å². The van der Waals surface area contributed by atoms with Crippen LogP contribution in [0.25, 0.3) is 0 Å². The summed E-state index contributed by atoms with van der Waals surface area (Å²) in [5, 5.41) is 3.78. The number of rotatable bonds is 2. The normalized spacial score (nSPS) is 21.9. The minimum Gasteiger partial charge on any atom is -0.380 e. The monoisotopic (exact) mass is 228 g/mol. The Bertz CT molecular complexity index is 356. The third-order valence-corrected chi connectivity index (χ3v) is 2.99. The lowest BCUT2D eigenvalue weighted by Crippen LogP contribution is -2.23. The van der Waals surface area contributed by atoms with Gasteiger partial charge in [0.2, 0.25) is 0 Å². The SMILES string of the molecule is CN1CCC(Nc2ccc(F)cc2Cl)C1. The summed E-state index contributed by atoms with van der Waals surface area (Å²) < 4.78 is 12.8. The van der Waals surface area contributed by atoms with Crippen molar-refractivity contribution in [1.29, 1.82) is 0 Å². The van der Waals surface area contributed by atoms with Crippen LogP contribution in [0.15, 0.2) is 18.2 Å². The summed E-state index contributed by atoms with van der Waals surface area (Å²) in [7, 11) is 2.09. The molecule has 1 aliphatic rings. The molecule has 2 rings (SSSR count). The average Bonchev–Trinajstić information content (AvgIpc) is 2.56. The molecule has 1 saturated heterocycles. The first-order valence-electron chi connectivity index (χ1n) is 5.05. The van der Waals surface area contributed by atoms with Gasteiger partial charge in [-0.25, -0.2) is 4.39 Å². The topological polar surface area (TPSA) is 15.3 Å². The molecular formula is C11H14ClFN2. The minimum absolute atomic E-state index is 0.297.